The van der Waals surface area contributed by atoms with Crippen molar-refractivity contribution < 1.29 is 4.79 Å². The monoisotopic (exact) mass is 316 g/mol. The normalized spacial score (nSPS) is 23.9. The van der Waals surface area contributed by atoms with E-state index in [-0.39, 0.29) is 11.9 Å². The van der Waals surface area contributed by atoms with Crippen LogP contribution < -0.4 is 5.32 Å². The lowest BCUT2D eigenvalue weighted by molar-refractivity contribution is -0.133. The summed E-state index contributed by atoms with van der Waals surface area (Å²) in [5.74, 6) is 0.652. The summed E-state index contributed by atoms with van der Waals surface area (Å²) < 4.78 is 1.09. The van der Waals surface area contributed by atoms with Crippen LogP contribution in [0.5, 0.6) is 0 Å². The first kappa shape index (κ1) is 13.1. The average Bonchev–Trinajstić information content (AvgIpc) is 2.86. The maximum Gasteiger partial charge on any atom is 0.240 e. The van der Waals surface area contributed by atoms with Gasteiger partial charge in [-0.15, -0.1) is 11.3 Å². The Morgan fingerprint density at radius 2 is 2.47 bits per heavy atom. The minimum atomic E-state index is 0.00315. The van der Waals surface area contributed by atoms with Crippen LogP contribution in [-0.2, 0) is 11.3 Å². The van der Waals surface area contributed by atoms with Gasteiger partial charge >= 0.3 is 0 Å². The third kappa shape index (κ3) is 3.09. The van der Waals surface area contributed by atoms with Crippen molar-refractivity contribution >= 4 is 33.2 Å². The number of hydrogen-bond donors (Lipinski definition) is 1. The molecule has 0 bridgehead atoms. The number of carbonyl (C=O) groups is 1. The molecular weight excluding hydrogens is 300 g/mol. The predicted octanol–water partition coefficient (Wildman–Crippen LogP) is 2.47. The fourth-order valence-electron chi connectivity index (χ4n) is 2.15. The van der Waals surface area contributed by atoms with Crippen LogP contribution in [0, 0.1) is 5.92 Å². The molecule has 2 heterocycles. The van der Waals surface area contributed by atoms with E-state index in [1.165, 1.54) is 4.88 Å². The van der Waals surface area contributed by atoms with Crippen molar-refractivity contribution in [1.82, 2.24) is 10.2 Å². The fraction of sp³-hybridized carbons (Fsp3) is 0.583. The van der Waals surface area contributed by atoms with Gasteiger partial charge in [0.25, 0.3) is 0 Å². The Kier molecular flexibility index (Phi) is 4.22. The molecule has 0 radical (unpaired) electrons. The lowest BCUT2D eigenvalue weighted by Gasteiger charge is -2.23. The molecule has 1 aromatic heterocycles. The first-order chi connectivity index (χ1) is 8.08. The van der Waals surface area contributed by atoms with Crippen LogP contribution in [0.15, 0.2) is 15.9 Å². The van der Waals surface area contributed by atoms with Gasteiger partial charge in [-0.05, 0) is 40.9 Å². The largest absolute Gasteiger partial charge is 0.339 e. The average molecular weight is 317 g/mol. The van der Waals surface area contributed by atoms with Crippen molar-refractivity contribution in [2.24, 2.45) is 5.92 Å². The molecule has 2 rings (SSSR count). The number of thiophene rings is 1. The summed E-state index contributed by atoms with van der Waals surface area (Å²) in [4.78, 5) is 15.2. The Balaban J connectivity index is 1.95. The molecule has 2 atom stereocenters. The van der Waals surface area contributed by atoms with Crippen molar-refractivity contribution in [1.29, 1.82) is 0 Å². The van der Waals surface area contributed by atoms with E-state index in [2.05, 4.69) is 34.2 Å². The molecule has 1 saturated heterocycles. The summed E-state index contributed by atoms with van der Waals surface area (Å²) >= 11 is 5.11. The lowest BCUT2D eigenvalue weighted by Crippen LogP contribution is -2.43. The number of nitrogens with zero attached hydrogens (tertiary/aromatic N) is 1. The number of carbonyl (C=O) groups excluding carboxylic acids is 1. The molecule has 1 aliphatic rings. The van der Waals surface area contributed by atoms with Crippen molar-refractivity contribution in [3.8, 4) is 0 Å². The molecule has 3 nitrogen and oxygen atoms in total. The van der Waals surface area contributed by atoms with Gasteiger partial charge in [-0.2, -0.15) is 0 Å². The molecule has 17 heavy (non-hydrogen) atoms. The Hall–Kier alpha value is -0.390. The first-order valence-electron chi connectivity index (χ1n) is 5.79. The van der Waals surface area contributed by atoms with Crippen LogP contribution in [0.1, 0.15) is 18.2 Å². The van der Waals surface area contributed by atoms with Gasteiger partial charge in [0, 0.05) is 21.8 Å². The molecule has 2 unspecified atom stereocenters. The third-order valence-corrected chi connectivity index (χ3v) is 4.87. The van der Waals surface area contributed by atoms with Crippen molar-refractivity contribution in [2.75, 3.05) is 13.6 Å². The molecule has 0 aliphatic carbocycles. The lowest BCUT2D eigenvalue weighted by atomic mass is 10.0. The van der Waals surface area contributed by atoms with E-state index in [1.54, 1.807) is 11.3 Å². The maximum absolute atomic E-state index is 12.2. The minimum absolute atomic E-state index is 0.00315. The van der Waals surface area contributed by atoms with Crippen LogP contribution >= 0.6 is 27.3 Å². The smallest absolute Gasteiger partial charge is 0.240 e. The summed E-state index contributed by atoms with van der Waals surface area (Å²) in [6.45, 7) is 3.79. The highest BCUT2D eigenvalue weighted by atomic mass is 79.9. The topological polar surface area (TPSA) is 32.3 Å². The van der Waals surface area contributed by atoms with Gasteiger partial charge in [0.15, 0.2) is 0 Å². The highest BCUT2D eigenvalue weighted by molar-refractivity contribution is 9.10. The third-order valence-electron chi connectivity index (χ3n) is 3.19. The summed E-state index contributed by atoms with van der Waals surface area (Å²) in [5, 5.41) is 5.33. The van der Waals surface area contributed by atoms with Crippen LogP contribution in [0.25, 0.3) is 0 Å². The van der Waals surface area contributed by atoms with Gasteiger partial charge in [0.1, 0.15) is 0 Å². The van der Waals surface area contributed by atoms with Gasteiger partial charge < -0.3 is 10.2 Å². The molecule has 0 aromatic carbocycles. The molecule has 1 amide bonds. The Morgan fingerprint density at radius 1 is 1.71 bits per heavy atom. The predicted molar refractivity (Wildman–Crippen MR) is 74.1 cm³/mol. The Bertz CT molecular complexity index is 407. The van der Waals surface area contributed by atoms with Crippen LogP contribution in [0.4, 0.5) is 0 Å². The quantitative estimate of drug-likeness (QED) is 0.929. The molecule has 5 heteroatoms. The molecule has 94 valence electrons. The first-order valence-corrected chi connectivity index (χ1v) is 7.46. The highest BCUT2D eigenvalue weighted by Gasteiger charge is 2.31. The number of nitrogens with one attached hydrogen (secondary N) is 1. The zero-order valence-corrected chi connectivity index (χ0v) is 12.5. The summed E-state index contributed by atoms with van der Waals surface area (Å²) in [5.41, 5.74) is 0. The van der Waals surface area contributed by atoms with E-state index in [9.17, 15) is 4.79 Å². The SMILES string of the molecule is CC1CCNC1C(=O)N(C)Cc1cc(Br)cs1. The number of hydrogen-bond acceptors (Lipinski definition) is 3. The standard InChI is InChI=1S/C12H17BrN2OS/c1-8-3-4-14-11(8)12(16)15(2)6-10-5-9(13)7-17-10/h5,7-8,11,14H,3-4,6H2,1-2H3. The zero-order valence-electron chi connectivity index (χ0n) is 10.1. The van der Waals surface area contributed by atoms with Gasteiger partial charge in [-0.3, -0.25) is 4.79 Å². The van der Waals surface area contributed by atoms with E-state index in [4.69, 9.17) is 0 Å². The minimum Gasteiger partial charge on any atom is -0.339 e. The molecular formula is C12H17BrN2OS. The van der Waals surface area contributed by atoms with Gasteiger partial charge in [0.05, 0.1) is 12.6 Å². The van der Waals surface area contributed by atoms with Crippen molar-refractivity contribution in [3.63, 3.8) is 0 Å². The molecule has 1 aromatic rings. The van der Waals surface area contributed by atoms with E-state index in [0.717, 1.165) is 17.4 Å². The van der Waals surface area contributed by atoms with Crippen LogP contribution in [-0.4, -0.2) is 30.4 Å². The number of likely N-dealkylation sites (N-methyl/N-ethyl adjacent to an activating group) is 1. The zero-order chi connectivity index (χ0) is 12.4. The van der Waals surface area contributed by atoms with Crippen molar-refractivity contribution in [2.45, 2.75) is 25.9 Å². The van der Waals surface area contributed by atoms with E-state index in [1.807, 2.05) is 17.3 Å². The van der Waals surface area contributed by atoms with E-state index < -0.39 is 0 Å². The second-order valence-corrected chi connectivity index (χ2v) is 6.53. The van der Waals surface area contributed by atoms with Crippen molar-refractivity contribution in [3.05, 3.63) is 20.8 Å². The second-order valence-electron chi connectivity index (χ2n) is 4.62. The molecule has 0 spiro atoms. The van der Waals surface area contributed by atoms with Crippen LogP contribution in [0.3, 0.4) is 0 Å². The Labute approximate surface area is 114 Å². The van der Waals surface area contributed by atoms with E-state index in [0.29, 0.717) is 12.5 Å². The number of halogens is 1. The molecule has 0 saturated carbocycles. The highest BCUT2D eigenvalue weighted by Crippen LogP contribution is 2.22. The van der Waals surface area contributed by atoms with Gasteiger partial charge in [-0.25, -0.2) is 0 Å². The van der Waals surface area contributed by atoms with Crippen LogP contribution in [0.2, 0.25) is 0 Å². The van der Waals surface area contributed by atoms with Gasteiger partial charge in [-0.1, -0.05) is 6.92 Å². The fourth-order valence-corrected chi connectivity index (χ4v) is 3.65. The number of amides is 1. The number of rotatable bonds is 3. The summed E-state index contributed by atoms with van der Waals surface area (Å²) in [6.07, 6.45) is 1.09. The second kappa shape index (κ2) is 5.50. The van der Waals surface area contributed by atoms with E-state index >= 15 is 0 Å². The molecule has 1 aliphatic heterocycles. The van der Waals surface area contributed by atoms with Gasteiger partial charge in [0.2, 0.25) is 5.91 Å². The molecule has 1 N–H and O–H groups in total. The Morgan fingerprint density at radius 3 is 3.00 bits per heavy atom. The summed E-state index contributed by atoms with van der Waals surface area (Å²) in [7, 11) is 1.88. The maximum atomic E-state index is 12.2. The summed E-state index contributed by atoms with van der Waals surface area (Å²) in [6, 6.07) is 2.07. The molecule has 1 fully saturated rings.